The van der Waals surface area contributed by atoms with Gasteiger partial charge in [-0.15, -0.1) is 0 Å². The molecular formula is C18H20FN3O2. The van der Waals surface area contributed by atoms with Crippen molar-refractivity contribution < 1.29 is 13.9 Å². The van der Waals surface area contributed by atoms with E-state index in [0.29, 0.717) is 30.1 Å². The highest BCUT2D eigenvalue weighted by molar-refractivity contribution is 5.93. The van der Waals surface area contributed by atoms with Crippen molar-refractivity contribution in [2.45, 2.75) is 19.8 Å². The summed E-state index contributed by atoms with van der Waals surface area (Å²) in [6.45, 7) is 3.12. The van der Waals surface area contributed by atoms with Crippen LogP contribution in [-0.2, 0) is 6.42 Å². The lowest BCUT2D eigenvalue weighted by molar-refractivity contribution is 0.0786. The van der Waals surface area contributed by atoms with E-state index in [4.69, 9.17) is 4.74 Å². The van der Waals surface area contributed by atoms with E-state index in [1.165, 1.54) is 19.5 Å². The van der Waals surface area contributed by atoms with Gasteiger partial charge >= 0.3 is 6.01 Å². The van der Waals surface area contributed by atoms with Crippen LogP contribution < -0.4 is 4.74 Å². The third-order valence-electron chi connectivity index (χ3n) is 4.39. The Balaban J connectivity index is 1.61. The first-order valence-electron chi connectivity index (χ1n) is 7.97. The number of benzene rings is 1. The molecule has 1 amide bonds. The van der Waals surface area contributed by atoms with E-state index in [1.807, 2.05) is 6.07 Å². The summed E-state index contributed by atoms with van der Waals surface area (Å²) >= 11 is 0. The molecule has 1 saturated heterocycles. The Morgan fingerprint density at radius 2 is 2.12 bits per heavy atom. The van der Waals surface area contributed by atoms with Crippen molar-refractivity contribution in [2.24, 2.45) is 5.92 Å². The standard InChI is InChI=1S/C18H20FN3O2/c1-12-3-4-13(8-16(12)19)7-14-5-6-22(11-14)17(23)15-9-20-18(24-2)21-10-15/h3-4,8-10,14H,5-7,11H2,1-2H3. The molecule has 126 valence electrons. The van der Waals surface area contributed by atoms with Crippen LogP contribution >= 0.6 is 0 Å². The summed E-state index contributed by atoms with van der Waals surface area (Å²) in [5.74, 6) is 0.0965. The van der Waals surface area contributed by atoms with Crippen molar-refractivity contribution >= 4 is 5.91 Å². The Hall–Kier alpha value is -2.50. The highest BCUT2D eigenvalue weighted by Gasteiger charge is 2.27. The molecule has 1 aliphatic rings. The lowest BCUT2D eigenvalue weighted by Crippen LogP contribution is -2.29. The van der Waals surface area contributed by atoms with Gasteiger partial charge in [0.1, 0.15) is 5.82 Å². The maximum absolute atomic E-state index is 13.7. The first-order valence-corrected chi connectivity index (χ1v) is 7.97. The summed E-state index contributed by atoms with van der Waals surface area (Å²) < 4.78 is 18.6. The van der Waals surface area contributed by atoms with Crippen LogP contribution in [0.3, 0.4) is 0 Å². The maximum atomic E-state index is 13.7. The SMILES string of the molecule is COc1ncc(C(=O)N2CCC(Cc3ccc(C)c(F)c3)C2)cn1. The van der Waals surface area contributed by atoms with Gasteiger partial charge < -0.3 is 9.64 Å². The van der Waals surface area contributed by atoms with Gasteiger partial charge in [0.05, 0.1) is 12.7 Å². The molecule has 0 bridgehead atoms. The van der Waals surface area contributed by atoms with Gasteiger partial charge in [-0.05, 0) is 42.9 Å². The van der Waals surface area contributed by atoms with Crippen LogP contribution in [0.4, 0.5) is 4.39 Å². The van der Waals surface area contributed by atoms with Crippen LogP contribution in [0.2, 0.25) is 0 Å². The molecule has 0 spiro atoms. The Kier molecular flexibility index (Phi) is 4.74. The molecule has 24 heavy (non-hydrogen) atoms. The van der Waals surface area contributed by atoms with Gasteiger partial charge in [-0.1, -0.05) is 12.1 Å². The van der Waals surface area contributed by atoms with Gasteiger partial charge in [0.2, 0.25) is 0 Å². The third-order valence-corrected chi connectivity index (χ3v) is 4.39. The lowest BCUT2D eigenvalue weighted by atomic mass is 9.98. The van der Waals surface area contributed by atoms with E-state index in [9.17, 15) is 9.18 Å². The number of ether oxygens (including phenoxy) is 1. The van der Waals surface area contributed by atoms with Crippen molar-refractivity contribution in [1.82, 2.24) is 14.9 Å². The number of hydrogen-bond acceptors (Lipinski definition) is 4. The van der Waals surface area contributed by atoms with Gasteiger partial charge in [0.15, 0.2) is 0 Å². The molecular weight excluding hydrogens is 309 g/mol. The van der Waals surface area contributed by atoms with Gasteiger partial charge in [-0.3, -0.25) is 4.79 Å². The first kappa shape index (κ1) is 16.4. The van der Waals surface area contributed by atoms with Gasteiger partial charge in [0, 0.05) is 25.5 Å². The summed E-state index contributed by atoms with van der Waals surface area (Å²) in [5, 5.41) is 0. The summed E-state index contributed by atoms with van der Waals surface area (Å²) in [6, 6.07) is 5.60. The maximum Gasteiger partial charge on any atom is 0.316 e. The fourth-order valence-corrected chi connectivity index (χ4v) is 3.00. The second-order valence-corrected chi connectivity index (χ2v) is 6.15. The molecule has 6 heteroatoms. The minimum Gasteiger partial charge on any atom is -0.467 e. The predicted molar refractivity (Wildman–Crippen MR) is 87.4 cm³/mol. The molecule has 1 aromatic heterocycles. The number of aromatic nitrogens is 2. The third kappa shape index (κ3) is 3.53. The zero-order chi connectivity index (χ0) is 17.1. The van der Waals surface area contributed by atoms with Crippen LogP contribution in [0.5, 0.6) is 6.01 Å². The van der Waals surface area contributed by atoms with Crippen molar-refractivity contribution in [1.29, 1.82) is 0 Å². The number of rotatable bonds is 4. The number of carbonyl (C=O) groups is 1. The molecule has 1 unspecified atom stereocenters. The lowest BCUT2D eigenvalue weighted by Gasteiger charge is -2.16. The molecule has 0 saturated carbocycles. The van der Waals surface area contributed by atoms with Crippen molar-refractivity contribution in [3.05, 3.63) is 53.1 Å². The van der Waals surface area contributed by atoms with Crippen LogP contribution in [-0.4, -0.2) is 41.0 Å². The number of hydrogen-bond donors (Lipinski definition) is 0. The van der Waals surface area contributed by atoms with Gasteiger partial charge in [-0.25, -0.2) is 14.4 Å². The second-order valence-electron chi connectivity index (χ2n) is 6.15. The van der Waals surface area contributed by atoms with E-state index in [0.717, 1.165) is 18.4 Å². The van der Waals surface area contributed by atoms with E-state index in [2.05, 4.69) is 9.97 Å². The zero-order valence-corrected chi connectivity index (χ0v) is 13.8. The van der Waals surface area contributed by atoms with E-state index >= 15 is 0 Å². The normalized spacial score (nSPS) is 17.1. The zero-order valence-electron chi connectivity index (χ0n) is 13.8. The number of amides is 1. The minimum atomic E-state index is -0.172. The smallest absolute Gasteiger partial charge is 0.316 e. The monoisotopic (exact) mass is 329 g/mol. The average molecular weight is 329 g/mol. The van der Waals surface area contributed by atoms with Gasteiger partial charge in [0.25, 0.3) is 5.91 Å². The molecule has 0 N–H and O–H groups in total. The minimum absolute atomic E-state index is 0.0739. The van der Waals surface area contributed by atoms with Crippen LogP contribution in [0, 0.1) is 18.7 Å². The number of likely N-dealkylation sites (tertiary alicyclic amines) is 1. The number of aryl methyl sites for hydroxylation is 1. The van der Waals surface area contributed by atoms with Crippen molar-refractivity contribution in [3.8, 4) is 6.01 Å². The molecule has 1 atom stereocenters. The molecule has 1 fully saturated rings. The summed E-state index contributed by atoms with van der Waals surface area (Å²) in [6.07, 6.45) is 4.66. The highest BCUT2D eigenvalue weighted by atomic mass is 19.1. The molecule has 2 aromatic rings. The average Bonchev–Trinajstić information content (AvgIpc) is 3.06. The van der Waals surface area contributed by atoms with Crippen molar-refractivity contribution in [3.63, 3.8) is 0 Å². The topological polar surface area (TPSA) is 55.3 Å². The second kappa shape index (κ2) is 6.95. The summed E-state index contributed by atoms with van der Waals surface area (Å²) in [4.78, 5) is 22.2. The Morgan fingerprint density at radius 1 is 1.38 bits per heavy atom. The number of methoxy groups -OCH3 is 1. The van der Waals surface area contributed by atoms with Crippen LogP contribution in [0.15, 0.2) is 30.6 Å². The number of carbonyl (C=O) groups excluding carboxylic acids is 1. The quantitative estimate of drug-likeness (QED) is 0.865. The molecule has 2 heterocycles. The van der Waals surface area contributed by atoms with Crippen LogP contribution in [0.1, 0.15) is 27.9 Å². The Labute approximate surface area is 140 Å². The summed E-state index contributed by atoms with van der Waals surface area (Å²) in [7, 11) is 1.48. The van der Waals surface area contributed by atoms with Crippen molar-refractivity contribution in [2.75, 3.05) is 20.2 Å². The van der Waals surface area contributed by atoms with E-state index in [-0.39, 0.29) is 17.7 Å². The van der Waals surface area contributed by atoms with E-state index < -0.39 is 0 Å². The number of halogens is 1. The fourth-order valence-electron chi connectivity index (χ4n) is 3.00. The highest BCUT2D eigenvalue weighted by Crippen LogP contribution is 2.23. The molecule has 0 aliphatic carbocycles. The first-order chi connectivity index (χ1) is 11.6. The van der Waals surface area contributed by atoms with E-state index in [1.54, 1.807) is 24.0 Å². The Morgan fingerprint density at radius 3 is 2.79 bits per heavy atom. The largest absolute Gasteiger partial charge is 0.467 e. The molecule has 1 aromatic carbocycles. The Bertz CT molecular complexity index is 734. The molecule has 1 aliphatic heterocycles. The molecule has 0 radical (unpaired) electrons. The van der Waals surface area contributed by atoms with Gasteiger partial charge in [-0.2, -0.15) is 0 Å². The predicted octanol–water partition coefficient (Wildman–Crippen LogP) is 2.64. The number of nitrogens with zero attached hydrogens (tertiary/aromatic N) is 3. The summed E-state index contributed by atoms with van der Waals surface area (Å²) in [5.41, 5.74) is 2.09. The van der Waals surface area contributed by atoms with Crippen LogP contribution in [0.25, 0.3) is 0 Å². The molecule has 3 rings (SSSR count). The fraction of sp³-hybridized carbons (Fsp3) is 0.389. The molecule has 5 nitrogen and oxygen atoms in total.